The fourth-order valence-corrected chi connectivity index (χ4v) is 3.44. The Labute approximate surface area is 128 Å². The average Bonchev–Trinajstić information content (AvgIpc) is 3.02. The van der Waals surface area contributed by atoms with Gasteiger partial charge < -0.3 is 15.5 Å². The molecule has 2 aliphatic rings. The largest absolute Gasteiger partial charge is 0.399 e. The zero-order chi connectivity index (χ0) is 14.5. The van der Waals surface area contributed by atoms with Crippen molar-refractivity contribution in [1.29, 1.82) is 0 Å². The van der Waals surface area contributed by atoms with Crippen molar-refractivity contribution in [1.82, 2.24) is 9.80 Å². The minimum atomic E-state index is 0.847. The van der Waals surface area contributed by atoms with E-state index in [0.717, 1.165) is 18.8 Å². The number of nitrogens with zero attached hydrogens (tertiary/aromatic N) is 3. The molecule has 0 atom stereocenters. The molecule has 116 valence electrons. The van der Waals surface area contributed by atoms with Gasteiger partial charge in [0.05, 0.1) is 0 Å². The van der Waals surface area contributed by atoms with E-state index >= 15 is 0 Å². The predicted octanol–water partition coefficient (Wildman–Crippen LogP) is 1.88. The Morgan fingerprint density at radius 1 is 0.762 bits per heavy atom. The Balaban J connectivity index is 1.37. The minimum absolute atomic E-state index is 0.847. The highest BCUT2D eigenvalue weighted by Gasteiger charge is 2.17. The molecule has 0 aliphatic carbocycles. The Morgan fingerprint density at radius 2 is 1.33 bits per heavy atom. The molecule has 0 aromatic heterocycles. The van der Waals surface area contributed by atoms with Gasteiger partial charge in [0.25, 0.3) is 0 Å². The molecule has 0 amide bonds. The first-order valence-electron chi connectivity index (χ1n) is 8.36. The smallest absolute Gasteiger partial charge is 0.0368 e. The lowest BCUT2D eigenvalue weighted by Crippen LogP contribution is -2.47. The van der Waals surface area contributed by atoms with Gasteiger partial charge in [0, 0.05) is 37.6 Å². The maximum absolute atomic E-state index is 5.75. The van der Waals surface area contributed by atoms with Crippen LogP contribution in [0.25, 0.3) is 0 Å². The highest BCUT2D eigenvalue weighted by atomic mass is 15.3. The number of likely N-dealkylation sites (tertiary alicyclic amines) is 1. The number of piperazine rings is 1. The van der Waals surface area contributed by atoms with Gasteiger partial charge in [0.15, 0.2) is 0 Å². The van der Waals surface area contributed by atoms with Crippen LogP contribution in [0.2, 0.25) is 0 Å². The third-order valence-electron chi connectivity index (χ3n) is 4.78. The van der Waals surface area contributed by atoms with Gasteiger partial charge in [-0.2, -0.15) is 0 Å². The molecule has 3 rings (SSSR count). The normalized spacial score (nSPS) is 21.0. The zero-order valence-corrected chi connectivity index (χ0v) is 13.0. The number of rotatable bonds is 5. The molecule has 2 heterocycles. The van der Waals surface area contributed by atoms with Gasteiger partial charge in [0.1, 0.15) is 0 Å². The number of nitrogens with two attached hydrogens (primary N) is 1. The van der Waals surface area contributed by atoms with E-state index < -0.39 is 0 Å². The maximum atomic E-state index is 5.75. The van der Waals surface area contributed by atoms with Crippen LogP contribution in [0, 0.1) is 0 Å². The third-order valence-corrected chi connectivity index (χ3v) is 4.78. The van der Waals surface area contributed by atoms with Crippen molar-refractivity contribution in [2.75, 3.05) is 63.0 Å². The summed E-state index contributed by atoms with van der Waals surface area (Å²) in [6.45, 7) is 9.83. The summed E-state index contributed by atoms with van der Waals surface area (Å²) in [5.41, 5.74) is 7.91. The molecule has 21 heavy (non-hydrogen) atoms. The Kier molecular flexibility index (Phi) is 4.99. The van der Waals surface area contributed by atoms with E-state index in [1.165, 1.54) is 64.2 Å². The summed E-state index contributed by atoms with van der Waals surface area (Å²) >= 11 is 0. The van der Waals surface area contributed by atoms with Gasteiger partial charge in [0.2, 0.25) is 0 Å². The second kappa shape index (κ2) is 7.14. The fraction of sp³-hybridized carbons (Fsp3) is 0.647. The highest BCUT2D eigenvalue weighted by molar-refractivity contribution is 5.53. The van der Waals surface area contributed by atoms with Gasteiger partial charge >= 0.3 is 0 Å². The van der Waals surface area contributed by atoms with E-state index in [4.69, 9.17) is 5.73 Å². The van der Waals surface area contributed by atoms with Gasteiger partial charge in [-0.1, -0.05) is 0 Å². The van der Waals surface area contributed by atoms with E-state index in [1.807, 2.05) is 12.1 Å². The van der Waals surface area contributed by atoms with Crippen molar-refractivity contribution in [3.63, 3.8) is 0 Å². The van der Waals surface area contributed by atoms with Gasteiger partial charge in [-0.25, -0.2) is 0 Å². The average molecular weight is 288 g/mol. The van der Waals surface area contributed by atoms with Crippen LogP contribution in [0.1, 0.15) is 19.3 Å². The molecule has 2 saturated heterocycles. The number of hydrogen-bond donors (Lipinski definition) is 1. The summed E-state index contributed by atoms with van der Waals surface area (Å²) in [6, 6.07) is 8.27. The van der Waals surface area contributed by atoms with Crippen LogP contribution in [0.4, 0.5) is 11.4 Å². The summed E-state index contributed by atoms with van der Waals surface area (Å²) in [6.07, 6.45) is 4.13. The summed E-state index contributed by atoms with van der Waals surface area (Å²) in [5.74, 6) is 0. The van der Waals surface area contributed by atoms with E-state index in [1.54, 1.807) is 0 Å². The Hall–Kier alpha value is -1.26. The van der Waals surface area contributed by atoms with Crippen LogP contribution >= 0.6 is 0 Å². The number of hydrogen-bond acceptors (Lipinski definition) is 4. The van der Waals surface area contributed by atoms with E-state index in [9.17, 15) is 0 Å². The van der Waals surface area contributed by atoms with Crippen LogP contribution in [0.15, 0.2) is 24.3 Å². The van der Waals surface area contributed by atoms with Crippen LogP contribution in [-0.4, -0.2) is 62.2 Å². The van der Waals surface area contributed by atoms with Gasteiger partial charge in [-0.3, -0.25) is 4.90 Å². The molecular weight excluding hydrogens is 260 g/mol. The molecule has 0 bridgehead atoms. The lowest BCUT2D eigenvalue weighted by molar-refractivity contribution is 0.234. The van der Waals surface area contributed by atoms with Crippen molar-refractivity contribution >= 4 is 11.4 Å². The minimum Gasteiger partial charge on any atom is -0.399 e. The van der Waals surface area contributed by atoms with Crippen LogP contribution in [0.3, 0.4) is 0 Å². The molecule has 0 saturated carbocycles. The zero-order valence-electron chi connectivity index (χ0n) is 13.0. The van der Waals surface area contributed by atoms with E-state index in [0.29, 0.717) is 0 Å². The first-order valence-corrected chi connectivity index (χ1v) is 8.36. The van der Waals surface area contributed by atoms with Crippen molar-refractivity contribution in [2.45, 2.75) is 19.3 Å². The Morgan fingerprint density at radius 3 is 1.95 bits per heavy atom. The van der Waals surface area contributed by atoms with Crippen molar-refractivity contribution in [3.8, 4) is 0 Å². The molecule has 0 radical (unpaired) electrons. The molecule has 2 fully saturated rings. The lowest BCUT2D eigenvalue weighted by Gasteiger charge is -2.36. The van der Waals surface area contributed by atoms with Gasteiger partial charge in [-0.15, -0.1) is 0 Å². The summed E-state index contributed by atoms with van der Waals surface area (Å²) in [5, 5.41) is 0. The lowest BCUT2D eigenvalue weighted by atomic mass is 10.2. The van der Waals surface area contributed by atoms with Crippen LogP contribution in [0.5, 0.6) is 0 Å². The summed E-state index contributed by atoms with van der Waals surface area (Å²) < 4.78 is 0. The van der Waals surface area contributed by atoms with Crippen molar-refractivity contribution in [2.24, 2.45) is 0 Å². The second-order valence-corrected chi connectivity index (χ2v) is 6.32. The fourth-order valence-electron chi connectivity index (χ4n) is 3.44. The molecular formula is C17H28N4. The second-order valence-electron chi connectivity index (χ2n) is 6.32. The number of anilines is 2. The molecule has 0 unspecified atom stereocenters. The monoisotopic (exact) mass is 288 g/mol. The predicted molar refractivity (Wildman–Crippen MR) is 89.8 cm³/mol. The molecule has 4 heteroatoms. The highest BCUT2D eigenvalue weighted by Crippen LogP contribution is 2.18. The molecule has 2 N–H and O–H groups in total. The first kappa shape index (κ1) is 14.7. The molecule has 0 spiro atoms. The summed E-state index contributed by atoms with van der Waals surface area (Å²) in [7, 11) is 0. The standard InChI is InChI=1S/C17H28N4/c18-16-4-6-17(7-5-16)21-14-12-20(13-15-21)11-3-10-19-8-1-2-9-19/h4-7H,1-3,8-15,18H2. The van der Waals surface area contributed by atoms with E-state index in [2.05, 4.69) is 26.8 Å². The molecule has 4 nitrogen and oxygen atoms in total. The third kappa shape index (κ3) is 4.11. The Bertz CT molecular complexity index is 417. The molecule has 2 aliphatic heterocycles. The topological polar surface area (TPSA) is 35.7 Å². The number of nitrogen functional groups attached to an aromatic ring is 1. The quantitative estimate of drug-likeness (QED) is 0.839. The molecule has 1 aromatic carbocycles. The van der Waals surface area contributed by atoms with E-state index in [-0.39, 0.29) is 0 Å². The SMILES string of the molecule is Nc1ccc(N2CCN(CCCN3CCCC3)CC2)cc1. The molecule has 1 aromatic rings. The first-order chi connectivity index (χ1) is 10.3. The summed E-state index contributed by atoms with van der Waals surface area (Å²) in [4.78, 5) is 7.70. The van der Waals surface area contributed by atoms with Crippen molar-refractivity contribution < 1.29 is 0 Å². The maximum Gasteiger partial charge on any atom is 0.0368 e. The number of benzene rings is 1. The van der Waals surface area contributed by atoms with Crippen molar-refractivity contribution in [3.05, 3.63) is 24.3 Å². The van der Waals surface area contributed by atoms with Gasteiger partial charge in [-0.05, 0) is 69.7 Å². The van der Waals surface area contributed by atoms with Crippen LogP contribution < -0.4 is 10.6 Å². The van der Waals surface area contributed by atoms with Crippen LogP contribution in [-0.2, 0) is 0 Å².